The van der Waals surface area contributed by atoms with Crippen molar-refractivity contribution in [1.29, 1.82) is 0 Å². The normalized spacial score (nSPS) is 11.6. The molecule has 1 heterocycles. The maximum atomic E-state index is 6.09. The lowest BCUT2D eigenvalue weighted by Gasteiger charge is -2.06. The van der Waals surface area contributed by atoms with Crippen molar-refractivity contribution in [1.82, 2.24) is 9.88 Å². The van der Waals surface area contributed by atoms with Gasteiger partial charge in [0.1, 0.15) is 6.73 Å². The monoisotopic (exact) mass is 280 g/mol. The van der Waals surface area contributed by atoms with Gasteiger partial charge in [-0.2, -0.15) is 0 Å². The van der Waals surface area contributed by atoms with Crippen LogP contribution >= 0.6 is 11.6 Å². The molecular weight excluding hydrogens is 260 g/mol. The van der Waals surface area contributed by atoms with Crippen LogP contribution < -0.4 is 5.32 Å². The zero-order valence-corrected chi connectivity index (χ0v) is 12.5. The quantitative estimate of drug-likeness (QED) is 0.871. The molecule has 0 saturated heterocycles. The lowest BCUT2D eigenvalue weighted by atomic mass is 10.1. The zero-order valence-electron chi connectivity index (χ0n) is 11.7. The van der Waals surface area contributed by atoms with Crippen LogP contribution in [0, 0.1) is 0 Å². The van der Waals surface area contributed by atoms with Gasteiger partial charge in [-0.25, -0.2) is 0 Å². The Morgan fingerprint density at radius 2 is 2.16 bits per heavy atom. The van der Waals surface area contributed by atoms with Gasteiger partial charge in [-0.1, -0.05) is 31.5 Å². The van der Waals surface area contributed by atoms with Gasteiger partial charge in [-0.15, -0.1) is 0 Å². The van der Waals surface area contributed by atoms with Crippen molar-refractivity contribution in [2.75, 3.05) is 6.61 Å². The molecule has 3 nitrogen and oxygen atoms in total. The molecule has 0 bridgehead atoms. The molecule has 0 radical (unpaired) electrons. The van der Waals surface area contributed by atoms with Gasteiger partial charge in [0.05, 0.1) is 5.52 Å². The second-order valence-corrected chi connectivity index (χ2v) is 5.38. The third-order valence-corrected chi connectivity index (χ3v) is 3.30. The van der Waals surface area contributed by atoms with Crippen LogP contribution in [0.2, 0.25) is 5.02 Å². The van der Waals surface area contributed by atoms with Crippen LogP contribution in [0.3, 0.4) is 0 Å². The second kappa shape index (κ2) is 6.42. The number of ether oxygens (including phenoxy) is 1. The average molecular weight is 281 g/mol. The summed E-state index contributed by atoms with van der Waals surface area (Å²) >= 11 is 6.09. The first-order valence-corrected chi connectivity index (χ1v) is 7.08. The van der Waals surface area contributed by atoms with E-state index < -0.39 is 0 Å². The molecule has 19 heavy (non-hydrogen) atoms. The van der Waals surface area contributed by atoms with Crippen LogP contribution in [0.25, 0.3) is 10.9 Å². The third-order valence-electron chi connectivity index (χ3n) is 3.06. The van der Waals surface area contributed by atoms with E-state index in [1.165, 1.54) is 10.9 Å². The van der Waals surface area contributed by atoms with Gasteiger partial charge in [0.25, 0.3) is 0 Å². The highest BCUT2D eigenvalue weighted by atomic mass is 35.5. The number of hydrogen-bond acceptors (Lipinski definition) is 2. The molecule has 0 spiro atoms. The molecule has 0 fully saturated rings. The van der Waals surface area contributed by atoms with Gasteiger partial charge < -0.3 is 14.6 Å². The molecule has 0 amide bonds. The maximum Gasteiger partial charge on any atom is 0.122 e. The first-order chi connectivity index (χ1) is 9.11. The van der Waals surface area contributed by atoms with Gasteiger partial charge in [0, 0.05) is 35.8 Å². The lowest BCUT2D eigenvalue weighted by molar-refractivity contribution is 0.0908. The molecule has 0 aliphatic carbocycles. The van der Waals surface area contributed by atoms with Crippen LogP contribution in [0.4, 0.5) is 0 Å². The van der Waals surface area contributed by atoms with Crippen molar-refractivity contribution in [3.8, 4) is 0 Å². The Kier molecular flexibility index (Phi) is 4.86. The SMILES string of the molecule is CCOCn1cc(CNC(C)C)c2ccc(Cl)cc21. The van der Waals surface area contributed by atoms with Crippen LogP contribution in [0.1, 0.15) is 26.3 Å². The van der Waals surface area contributed by atoms with Crippen molar-refractivity contribution < 1.29 is 4.74 Å². The highest BCUT2D eigenvalue weighted by Gasteiger charge is 2.09. The molecule has 1 aromatic carbocycles. The number of hydrogen-bond donors (Lipinski definition) is 1. The van der Waals surface area contributed by atoms with Gasteiger partial charge in [-0.05, 0) is 24.6 Å². The van der Waals surface area contributed by atoms with E-state index >= 15 is 0 Å². The van der Waals surface area contributed by atoms with Crippen LogP contribution in [-0.2, 0) is 18.0 Å². The second-order valence-electron chi connectivity index (χ2n) is 4.94. The summed E-state index contributed by atoms with van der Waals surface area (Å²) in [5.41, 5.74) is 2.40. The Morgan fingerprint density at radius 3 is 2.84 bits per heavy atom. The van der Waals surface area contributed by atoms with Gasteiger partial charge in [-0.3, -0.25) is 0 Å². The van der Waals surface area contributed by atoms with Crippen LogP contribution in [0.5, 0.6) is 0 Å². The van der Waals surface area contributed by atoms with E-state index in [4.69, 9.17) is 16.3 Å². The number of rotatable bonds is 6. The summed E-state index contributed by atoms with van der Waals surface area (Å²) in [5.74, 6) is 0. The van der Waals surface area contributed by atoms with Crippen LogP contribution in [0.15, 0.2) is 24.4 Å². The average Bonchev–Trinajstić information content (AvgIpc) is 2.71. The van der Waals surface area contributed by atoms with E-state index in [0.717, 1.165) is 17.1 Å². The Morgan fingerprint density at radius 1 is 1.37 bits per heavy atom. The van der Waals surface area contributed by atoms with Crippen LogP contribution in [-0.4, -0.2) is 17.2 Å². The first-order valence-electron chi connectivity index (χ1n) is 6.70. The predicted octanol–water partition coefficient (Wildman–Crippen LogP) is 3.79. The van der Waals surface area contributed by atoms with Gasteiger partial charge in [0.2, 0.25) is 0 Å². The molecule has 2 rings (SSSR count). The van der Waals surface area contributed by atoms with E-state index in [0.29, 0.717) is 19.4 Å². The van der Waals surface area contributed by atoms with Crippen molar-refractivity contribution in [3.63, 3.8) is 0 Å². The Hall–Kier alpha value is -1.03. The molecule has 0 aliphatic heterocycles. The van der Waals surface area contributed by atoms with Gasteiger partial charge >= 0.3 is 0 Å². The maximum absolute atomic E-state index is 6.09. The first kappa shape index (κ1) is 14.4. The lowest BCUT2D eigenvalue weighted by Crippen LogP contribution is -2.21. The fraction of sp³-hybridized carbons (Fsp3) is 0.467. The summed E-state index contributed by atoms with van der Waals surface area (Å²) < 4.78 is 7.62. The third kappa shape index (κ3) is 3.50. The highest BCUT2D eigenvalue weighted by molar-refractivity contribution is 6.31. The molecule has 1 N–H and O–H groups in total. The van der Waals surface area contributed by atoms with E-state index in [1.54, 1.807) is 0 Å². The number of nitrogens with one attached hydrogen (secondary N) is 1. The minimum absolute atomic E-state index is 0.470. The Balaban J connectivity index is 2.35. The topological polar surface area (TPSA) is 26.2 Å². The minimum atomic E-state index is 0.470. The summed E-state index contributed by atoms with van der Waals surface area (Å²) in [6.07, 6.45) is 2.14. The summed E-state index contributed by atoms with van der Waals surface area (Å²) in [6, 6.07) is 6.48. The summed E-state index contributed by atoms with van der Waals surface area (Å²) in [5, 5.41) is 5.44. The number of benzene rings is 1. The van der Waals surface area contributed by atoms with E-state index in [1.807, 2.05) is 19.1 Å². The van der Waals surface area contributed by atoms with Crippen molar-refractivity contribution in [2.24, 2.45) is 0 Å². The number of halogens is 1. The van der Waals surface area contributed by atoms with E-state index in [2.05, 4.69) is 36.0 Å². The Labute approximate surface area is 119 Å². The summed E-state index contributed by atoms with van der Waals surface area (Å²) in [4.78, 5) is 0. The molecule has 104 valence electrons. The molecule has 0 aliphatic rings. The number of nitrogens with zero attached hydrogens (tertiary/aromatic N) is 1. The fourth-order valence-corrected chi connectivity index (χ4v) is 2.26. The molecule has 0 saturated carbocycles. The molecule has 0 unspecified atom stereocenters. The molecular formula is C15H21ClN2O. The molecule has 0 atom stereocenters. The largest absolute Gasteiger partial charge is 0.361 e. The summed E-state index contributed by atoms with van der Waals surface area (Å²) in [7, 11) is 0. The Bertz CT molecular complexity index is 548. The van der Waals surface area contributed by atoms with Crippen molar-refractivity contribution in [3.05, 3.63) is 35.0 Å². The predicted molar refractivity (Wildman–Crippen MR) is 80.5 cm³/mol. The minimum Gasteiger partial charge on any atom is -0.361 e. The molecule has 2 aromatic rings. The summed E-state index contributed by atoms with van der Waals surface area (Å²) in [6.45, 7) is 8.43. The van der Waals surface area contributed by atoms with E-state index in [-0.39, 0.29) is 0 Å². The smallest absolute Gasteiger partial charge is 0.122 e. The van der Waals surface area contributed by atoms with Gasteiger partial charge in [0.15, 0.2) is 0 Å². The zero-order chi connectivity index (χ0) is 13.8. The fourth-order valence-electron chi connectivity index (χ4n) is 2.09. The molecule has 4 heteroatoms. The van der Waals surface area contributed by atoms with Crippen molar-refractivity contribution >= 4 is 22.5 Å². The van der Waals surface area contributed by atoms with Crippen molar-refractivity contribution in [2.45, 2.75) is 40.1 Å². The molecule has 1 aromatic heterocycles. The highest BCUT2D eigenvalue weighted by Crippen LogP contribution is 2.25. The number of aromatic nitrogens is 1. The number of fused-ring (bicyclic) bond motifs is 1. The standard InChI is InChI=1S/C15H21ClN2O/c1-4-19-10-18-9-12(8-17-11(2)3)14-6-5-13(16)7-15(14)18/h5-7,9,11,17H,4,8,10H2,1-3H3. The van der Waals surface area contributed by atoms with E-state index in [9.17, 15) is 0 Å².